The number of ether oxygens (including phenoxy) is 2. The summed E-state index contributed by atoms with van der Waals surface area (Å²) in [4.78, 5) is 9.98. The van der Waals surface area contributed by atoms with E-state index in [1.807, 2.05) is 60.7 Å². The summed E-state index contributed by atoms with van der Waals surface area (Å²) >= 11 is 0. The first-order valence-corrected chi connectivity index (χ1v) is 18.7. The van der Waals surface area contributed by atoms with Crippen molar-refractivity contribution < 1.29 is 9.47 Å². The predicted octanol–water partition coefficient (Wildman–Crippen LogP) is 12.8. The van der Waals surface area contributed by atoms with E-state index in [0.29, 0.717) is 5.82 Å². The van der Waals surface area contributed by atoms with Crippen LogP contribution in [0.1, 0.15) is 11.3 Å². The summed E-state index contributed by atoms with van der Waals surface area (Å²) in [6, 6.07) is 61.0. The highest BCUT2D eigenvalue weighted by Gasteiger charge is 2.30. The van der Waals surface area contributed by atoms with Crippen molar-refractivity contribution in [1.82, 2.24) is 14.5 Å². The van der Waals surface area contributed by atoms with Gasteiger partial charge < -0.3 is 14.0 Å². The number of rotatable bonds is 5. The lowest BCUT2D eigenvalue weighted by Gasteiger charge is -2.22. The van der Waals surface area contributed by atoms with Crippen molar-refractivity contribution in [2.75, 3.05) is 0 Å². The fourth-order valence-electron chi connectivity index (χ4n) is 8.17. The number of hydrogen-bond acceptors (Lipinski definition) is 4. The molecule has 11 rings (SSSR count). The molecule has 0 amide bonds. The SMILES string of the molecule is c1ccc(-c2cc(-c3ccc(-c4ccc(-n5c6c(c7ccc8c(c75)Oc5ccccc5O8)-c5ccccc5CC6)cc4)cc3)nc(-c3ccccc3)n2)cc1. The van der Waals surface area contributed by atoms with Crippen molar-refractivity contribution in [2.24, 2.45) is 0 Å². The number of fused-ring (bicyclic) bond motifs is 8. The maximum absolute atomic E-state index is 6.67. The van der Waals surface area contributed by atoms with Crippen molar-refractivity contribution in [1.29, 1.82) is 0 Å². The predicted molar refractivity (Wildman–Crippen MR) is 220 cm³/mol. The standard InChI is InChI=1S/C50H33N3O2/c1-3-12-35(13-4-1)41-31-42(52-50(51-41)37-14-5-2-6-15-37)36-21-19-32(20-22-36)33-23-26-38(27-24-33)53-43-29-25-34-11-7-8-16-39(34)47(43)40-28-30-46-49(48(40)53)55-45-18-10-9-17-44(45)54-46/h1-24,26-28,30-31H,25,29H2. The molecule has 5 heteroatoms. The second-order valence-electron chi connectivity index (χ2n) is 14.1. The van der Waals surface area contributed by atoms with Gasteiger partial charge in [0.25, 0.3) is 0 Å². The minimum absolute atomic E-state index is 0.710. The van der Waals surface area contributed by atoms with E-state index in [-0.39, 0.29) is 0 Å². The van der Waals surface area contributed by atoms with E-state index in [9.17, 15) is 0 Å². The van der Waals surface area contributed by atoms with E-state index in [2.05, 4.69) is 120 Å². The van der Waals surface area contributed by atoms with Crippen LogP contribution in [0.3, 0.4) is 0 Å². The lowest BCUT2D eigenvalue weighted by molar-refractivity contribution is 0.362. The van der Waals surface area contributed by atoms with Gasteiger partial charge in [0.1, 0.15) is 5.52 Å². The highest BCUT2D eigenvalue weighted by atomic mass is 16.6. The summed E-state index contributed by atoms with van der Waals surface area (Å²) in [5.74, 6) is 3.64. The third-order valence-corrected chi connectivity index (χ3v) is 10.8. The van der Waals surface area contributed by atoms with Gasteiger partial charge in [-0.1, -0.05) is 133 Å². The molecule has 1 aliphatic carbocycles. The number of nitrogens with zero attached hydrogens (tertiary/aromatic N) is 3. The van der Waals surface area contributed by atoms with Gasteiger partial charge >= 0.3 is 0 Å². The third-order valence-electron chi connectivity index (χ3n) is 10.8. The Morgan fingerprint density at radius 2 is 1.04 bits per heavy atom. The molecule has 0 unspecified atom stereocenters. The van der Waals surface area contributed by atoms with Crippen molar-refractivity contribution >= 4 is 10.9 Å². The van der Waals surface area contributed by atoms with Crippen molar-refractivity contribution in [3.63, 3.8) is 0 Å². The molecule has 0 spiro atoms. The molecule has 5 nitrogen and oxygen atoms in total. The van der Waals surface area contributed by atoms with Crippen LogP contribution >= 0.6 is 0 Å². The van der Waals surface area contributed by atoms with Crippen LogP contribution in [0.2, 0.25) is 0 Å². The Hall–Kier alpha value is -7.24. The fourth-order valence-corrected chi connectivity index (χ4v) is 8.17. The number of aromatic nitrogens is 3. The van der Waals surface area contributed by atoms with Gasteiger partial charge in [-0.05, 0) is 77.6 Å². The molecule has 260 valence electrons. The van der Waals surface area contributed by atoms with Crippen molar-refractivity contribution in [3.05, 3.63) is 187 Å². The molecule has 2 aromatic heterocycles. The summed E-state index contributed by atoms with van der Waals surface area (Å²) < 4.78 is 15.5. The Kier molecular flexibility index (Phi) is 7.24. The molecule has 7 aromatic carbocycles. The quantitative estimate of drug-likeness (QED) is 0.179. The molecule has 0 atom stereocenters. The molecule has 55 heavy (non-hydrogen) atoms. The molecule has 0 N–H and O–H groups in total. The van der Waals surface area contributed by atoms with Gasteiger partial charge in [0.05, 0.1) is 11.4 Å². The highest BCUT2D eigenvalue weighted by Crippen LogP contribution is 2.53. The van der Waals surface area contributed by atoms with E-state index in [4.69, 9.17) is 19.4 Å². The zero-order valence-electron chi connectivity index (χ0n) is 29.8. The monoisotopic (exact) mass is 707 g/mol. The largest absolute Gasteiger partial charge is 0.449 e. The topological polar surface area (TPSA) is 49.2 Å². The van der Waals surface area contributed by atoms with Gasteiger partial charge in [-0.25, -0.2) is 9.97 Å². The molecule has 0 saturated carbocycles. The first-order valence-electron chi connectivity index (χ1n) is 18.7. The Morgan fingerprint density at radius 3 is 1.76 bits per heavy atom. The lowest BCUT2D eigenvalue weighted by Crippen LogP contribution is -2.08. The van der Waals surface area contributed by atoms with Crippen LogP contribution in [0.25, 0.3) is 72.7 Å². The highest BCUT2D eigenvalue weighted by molar-refractivity contribution is 6.04. The maximum atomic E-state index is 6.67. The number of hydrogen-bond donors (Lipinski definition) is 0. The van der Waals surface area contributed by atoms with Crippen LogP contribution in [0, 0.1) is 0 Å². The first-order chi connectivity index (χ1) is 27.2. The average Bonchev–Trinajstić information content (AvgIpc) is 3.62. The van der Waals surface area contributed by atoms with Crippen LogP contribution in [0.5, 0.6) is 23.0 Å². The summed E-state index contributed by atoms with van der Waals surface area (Å²) in [6.45, 7) is 0. The molecular formula is C50H33N3O2. The molecule has 3 heterocycles. The first kappa shape index (κ1) is 31.3. The summed E-state index contributed by atoms with van der Waals surface area (Å²) in [7, 11) is 0. The van der Waals surface area contributed by atoms with Gasteiger partial charge in [0.2, 0.25) is 0 Å². The summed E-state index contributed by atoms with van der Waals surface area (Å²) in [5, 5.41) is 1.17. The van der Waals surface area contributed by atoms with E-state index in [1.54, 1.807) is 0 Å². The normalized spacial score (nSPS) is 12.5. The van der Waals surface area contributed by atoms with Crippen LogP contribution < -0.4 is 9.47 Å². The van der Waals surface area contributed by atoms with Gasteiger partial charge in [-0.15, -0.1) is 0 Å². The van der Waals surface area contributed by atoms with Gasteiger partial charge in [0.15, 0.2) is 28.8 Å². The van der Waals surface area contributed by atoms with Crippen molar-refractivity contribution in [3.8, 4) is 84.8 Å². The average molecular weight is 708 g/mol. The van der Waals surface area contributed by atoms with E-state index < -0.39 is 0 Å². The summed E-state index contributed by atoms with van der Waals surface area (Å²) in [6.07, 6.45) is 1.91. The molecule has 2 aliphatic rings. The third kappa shape index (κ3) is 5.32. The van der Waals surface area contributed by atoms with Crippen LogP contribution in [0.15, 0.2) is 176 Å². The second kappa shape index (κ2) is 12.7. The molecular weight excluding hydrogens is 675 g/mol. The fraction of sp³-hybridized carbons (Fsp3) is 0.0400. The number of para-hydroxylation sites is 2. The Morgan fingerprint density at radius 1 is 0.455 bits per heavy atom. The van der Waals surface area contributed by atoms with E-state index in [0.717, 1.165) is 86.2 Å². The van der Waals surface area contributed by atoms with E-state index >= 15 is 0 Å². The van der Waals surface area contributed by atoms with Gasteiger partial charge in [-0.2, -0.15) is 0 Å². The minimum Gasteiger partial charge on any atom is -0.449 e. The van der Waals surface area contributed by atoms with Crippen LogP contribution in [-0.4, -0.2) is 14.5 Å². The Labute approximate surface area is 318 Å². The molecule has 0 saturated heterocycles. The molecule has 0 radical (unpaired) electrons. The Balaban J connectivity index is 0.983. The zero-order valence-corrected chi connectivity index (χ0v) is 29.8. The summed E-state index contributed by atoms with van der Waals surface area (Å²) in [5.41, 5.74) is 14.5. The number of aryl methyl sites for hydroxylation is 1. The minimum atomic E-state index is 0.710. The van der Waals surface area contributed by atoms with Crippen molar-refractivity contribution in [2.45, 2.75) is 12.8 Å². The van der Waals surface area contributed by atoms with Gasteiger partial charge in [-0.3, -0.25) is 0 Å². The molecule has 9 aromatic rings. The zero-order chi connectivity index (χ0) is 36.3. The number of benzene rings is 7. The van der Waals surface area contributed by atoms with E-state index in [1.165, 1.54) is 27.8 Å². The maximum Gasteiger partial charge on any atom is 0.194 e. The molecule has 0 bridgehead atoms. The smallest absolute Gasteiger partial charge is 0.194 e. The van der Waals surface area contributed by atoms with Crippen LogP contribution in [-0.2, 0) is 12.8 Å². The lowest BCUT2D eigenvalue weighted by atomic mass is 9.88. The van der Waals surface area contributed by atoms with Crippen LogP contribution in [0.4, 0.5) is 0 Å². The second-order valence-corrected chi connectivity index (χ2v) is 14.1. The molecule has 1 aliphatic heterocycles. The van der Waals surface area contributed by atoms with Gasteiger partial charge in [0, 0.05) is 39.0 Å². The Bertz CT molecular complexity index is 2840. The molecule has 0 fully saturated rings.